The lowest BCUT2D eigenvalue weighted by Crippen LogP contribution is -2.15. The highest BCUT2D eigenvalue weighted by molar-refractivity contribution is 7.99. The average Bonchev–Trinajstić information content (AvgIpc) is 3.13. The number of ether oxygens (including phenoxy) is 1. The summed E-state index contributed by atoms with van der Waals surface area (Å²) in [5.74, 6) is 0.870. The third-order valence-electron chi connectivity index (χ3n) is 4.30. The standard InChI is InChI=1S/C21H21F3N4O2S/c1-3-28-18(12-30-17-9-7-14(2)8-10-17)26-27-20(28)31-13-19(29)25-16-6-4-5-15(11-16)21(22,23)24/h4-11H,3,12-13H2,1-2H3,(H,25,29). The van der Waals surface area contributed by atoms with Crippen molar-refractivity contribution in [3.8, 4) is 5.75 Å². The summed E-state index contributed by atoms with van der Waals surface area (Å²) in [5, 5.41) is 11.2. The van der Waals surface area contributed by atoms with E-state index in [4.69, 9.17) is 4.74 Å². The van der Waals surface area contributed by atoms with Crippen molar-refractivity contribution < 1.29 is 22.7 Å². The van der Waals surface area contributed by atoms with Crippen molar-refractivity contribution in [2.24, 2.45) is 0 Å². The number of aromatic nitrogens is 3. The van der Waals surface area contributed by atoms with E-state index in [9.17, 15) is 18.0 Å². The summed E-state index contributed by atoms with van der Waals surface area (Å²) in [6, 6.07) is 12.2. The number of hydrogen-bond donors (Lipinski definition) is 1. The molecule has 10 heteroatoms. The van der Waals surface area contributed by atoms with E-state index < -0.39 is 17.6 Å². The molecule has 0 atom stereocenters. The van der Waals surface area contributed by atoms with Crippen LogP contribution in [0.4, 0.5) is 18.9 Å². The molecule has 6 nitrogen and oxygen atoms in total. The Morgan fingerprint density at radius 2 is 1.90 bits per heavy atom. The van der Waals surface area contributed by atoms with Crippen molar-refractivity contribution in [3.05, 3.63) is 65.5 Å². The van der Waals surface area contributed by atoms with Crippen LogP contribution in [-0.2, 0) is 24.1 Å². The van der Waals surface area contributed by atoms with Gasteiger partial charge in [0.05, 0.1) is 11.3 Å². The summed E-state index contributed by atoms with van der Waals surface area (Å²) in [6.07, 6.45) is -4.47. The number of aryl methyl sites for hydroxylation is 1. The van der Waals surface area contributed by atoms with Crippen LogP contribution in [0.3, 0.4) is 0 Å². The number of nitrogens with zero attached hydrogens (tertiary/aromatic N) is 3. The SMILES string of the molecule is CCn1c(COc2ccc(C)cc2)nnc1SCC(=O)Nc1cccc(C(F)(F)F)c1. The summed E-state index contributed by atoms with van der Waals surface area (Å²) in [4.78, 5) is 12.2. The van der Waals surface area contributed by atoms with Crippen LogP contribution in [0.1, 0.15) is 23.9 Å². The first-order chi connectivity index (χ1) is 14.8. The van der Waals surface area contributed by atoms with Crippen molar-refractivity contribution in [2.45, 2.75) is 38.3 Å². The zero-order chi connectivity index (χ0) is 22.4. The molecule has 0 aliphatic heterocycles. The Hall–Kier alpha value is -3.01. The third kappa shape index (κ3) is 6.24. The van der Waals surface area contributed by atoms with E-state index in [1.165, 1.54) is 12.1 Å². The van der Waals surface area contributed by atoms with Gasteiger partial charge in [-0.15, -0.1) is 10.2 Å². The molecular formula is C21H21F3N4O2S. The van der Waals surface area contributed by atoms with Crippen LogP contribution in [0.15, 0.2) is 53.7 Å². The minimum Gasteiger partial charge on any atom is -0.486 e. The van der Waals surface area contributed by atoms with Crippen LogP contribution in [0.5, 0.6) is 5.75 Å². The molecule has 31 heavy (non-hydrogen) atoms. The Morgan fingerprint density at radius 1 is 1.16 bits per heavy atom. The van der Waals surface area contributed by atoms with E-state index in [2.05, 4.69) is 15.5 Å². The lowest BCUT2D eigenvalue weighted by molar-refractivity contribution is -0.137. The summed E-state index contributed by atoms with van der Waals surface area (Å²) >= 11 is 1.15. The average molecular weight is 450 g/mol. The molecule has 0 spiro atoms. The van der Waals surface area contributed by atoms with E-state index in [-0.39, 0.29) is 18.0 Å². The maximum absolute atomic E-state index is 12.8. The van der Waals surface area contributed by atoms with Gasteiger partial charge in [-0.25, -0.2) is 0 Å². The van der Waals surface area contributed by atoms with E-state index >= 15 is 0 Å². The van der Waals surface area contributed by atoms with Gasteiger partial charge in [0.2, 0.25) is 5.91 Å². The van der Waals surface area contributed by atoms with Crippen LogP contribution in [0.2, 0.25) is 0 Å². The Labute approximate surface area is 181 Å². The largest absolute Gasteiger partial charge is 0.486 e. The smallest absolute Gasteiger partial charge is 0.416 e. The number of rotatable bonds is 8. The van der Waals surface area contributed by atoms with Gasteiger partial charge in [0.15, 0.2) is 11.0 Å². The van der Waals surface area contributed by atoms with Gasteiger partial charge in [-0.05, 0) is 44.2 Å². The fraction of sp³-hybridized carbons (Fsp3) is 0.286. The number of carbonyl (C=O) groups excluding carboxylic acids is 1. The number of amides is 1. The van der Waals surface area contributed by atoms with Crippen LogP contribution < -0.4 is 10.1 Å². The number of halogens is 3. The molecule has 0 unspecified atom stereocenters. The molecule has 0 saturated carbocycles. The van der Waals surface area contributed by atoms with Crippen LogP contribution in [-0.4, -0.2) is 26.4 Å². The topological polar surface area (TPSA) is 69.0 Å². The number of carbonyl (C=O) groups is 1. The zero-order valence-electron chi connectivity index (χ0n) is 16.9. The van der Waals surface area contributed by atoms with Gasteiger partial charge >= 0.3 is 6.18 Å². The number of benzene rings is 2. The molecule has 0 fully saturated rings. The summed E-state index contributed by atoms with van der Waals surface area (Å²) in [6.45, 7) is 4.72. The Morgan fingerprint density at radius 3 is 2.58 bits per heavy atom. The molecule has 0 aliphatic rings. The molecule has 2 aromatic carbocycles. The van der Waals surface area contributed by atoms with Crippen molar-refractivity contribution >= 4 is 23.4 Å². The maximum atomic E-state index is 12.8. The van der Waals surface area contributed by atoms with Crippen LogP contribution in [0.25, 0.3) is 0 Å². The number of nitrogens with one attached hydrogen (secondary N) is 1. The van der Waals surface area contributed by atoms with E-state index in [1.807, 2.05) is 42.7 Å². The van der Waals surface area contributed by atoms with Gasteiger partial charge in [0.1, 0.15) is 12.4 Å². The maximum Gasteiger partial charge on any atom is 0.416 e. The normalized spacial score (nSPS) is 11.4. The van der Waals surface area contributed by atoms with Crippen LogP contribution >= 0.6 is 11.8 Å². The molecule has 1 heterocycles. The molecule has 0 saturated heterocycles. The molecule has 164 valence electrons. The lowest BCUT2D eigenvalue weighted by Gasteiger charge is -2.10. The monoisotopic (exact) mass is 450 g/mol. The molecule has 0 radical (unpaired) electrons. The molecule has 0 aliphatic carbocycles. The van der Waals surface area contributed by atoms with Crippen molar-refractivity contribution in [2.75, 3.05) is 11.1 Å². The van der Waals surface area contributed by atoms with E-state index in [1.54, 1.807) is 0 Å². The number of alkyl halides is 3. The number of hydrogen-bond acceptors (Lipinski definition) is 5. The van der Waals surface area contributed by atoms with Crippen molar-refractivity contribution in [1.29, 1.82) is 0 Å². The second kappa shape index (κ2) is 9.86. The van der Waals surface area contributed by atoms with E-state index in [0.717, 1.165) is 29.5 Å². The lowest BCUT2D eigenvalue weighted by atomic mass is 10.2. The quantitative estimate of drug-likeness (QED) is 0.493. The van der Waals surface area contributed by atoms with Gasteiger partial charge < -0.3 is 14.6 Å². The molecule has 0 bridgehead atoms. The minimum absolute atomic E-state index is 0.0206. The fourth-order valence-electron chi connectivity index (χ4n) is 2.73. The first-order valence-corrected chi connectivity index (χ1v) is 10.5. The molecule has 3 rings (SSSR count). The predicted molar refractivity (Wildman–Crippen MR) is 112 cm³/mol. The Balaban J connectivity index is 1.57. The Bertz CT molecular complexity index is 1040. The van der Waals surface area contributed by atoms with Crippen molar-refractivity contribution in [3.63, 3.8) is 0 Å². The highest BCUT2D eigenvalue weighted by atomic mass is 32.2. The number of anilines is 1. The minimum atomic E-state index is -4.47. The summed E-state index contributed by atoms with van der Waals surface area (Å²) < 4.78 is 46.0. The second-order valence-corrected chi connectivity index (χ2v) is 7.60. The van der Waals surface area contributed by atoms with E-state index in [0.29, 0.717) is 23.3 Å². The molecule has 1 N–H and O–H groups in total. The third-order valence-corrected chi connectivity index (χ3v) is 5.27. The first kappa shape index (κ1) is 22.7. The fourth-order valence-corrected chi connectivity index (χ4v) is 3.55. The highest BCUT2D eigenvalue weighted by Crippen LogP contribution is 2.30. The van der Waals surface area contributed by atoms with Gasteiger partial charge in [-0.1, -0.05) is 35.5 Å². The van der Waals surface area contributed by atoms with Gasteiger partial charge in [0.25, 0.3) is 0 Å². The predicted octanol–water partition coefficient (Wildman–Crippen LogP) is 4.94. The Kier molecular flexibility index (Phi) is 7.21. The molecular weight excluding hydrogens is 429 g/mol. The summed E-state index contributed by atoms with van der Waals surface area (Å²) in [5.41, 5.74) is 0.401. The van der Waals surface area contributed by atoms with Gasteiger partial charge in [-0.2, -0.15) is 13.2 Å². The molecule has 1 aromatic heterocycles. The molecule has 1 amide bonds. The number of thioether (sulfide) groups is 1. The highest BCUT2D eigenvalue weighted by Gasteiger charge is 2.30. The van der Waals surface area contributed by atoms with Crippen molar-refractivity contribution in [1.82, 2.24) is 14.8 Å². The summed E-state index contributed by atoms with van der Waals surface area (Å²) in [7, 11) is 0. The second-order valence-electron chi connectivity index (χ2n) is 6.66. The first-order valence-electron chi connectivity index (χ1n) is 9.47. The molecule has 3 aromatic rings. The van der Waals surface area contributed by atoms with Gasteiger partial charge in [0, 0.05) is 12.2 Å². The van der Waals surface area contributed by atoms with Gasteiger partial charge in [-0.3, -0.25) is 4.79 Å². The van der Waals surface area contributed by atoms with Crippen LogP contribution in [0, 0.1) is 6.92 Å². The zero-order valence-corrected chi connectivity index (χ0v) is 17.8.